The highest BCUT2D eigenvalue weighted by atomic mass is 15.2. The average Bonchev–Trinajstić information content (AvgIpc) is 2.86. The quantitative estimate of drug-likeness (QED) is 0.400. The van der Waals surface area contributed by atoms with E-state index in [0.717, 1.165) is 23.6 Å². The minimum absolute atomic E-state index is 0.517. The maximum absolute atomic E-state index is 4.58. The number of nitrogens with zero attached hydrogens (tertiary/aromatic N) is 6. The molecule has 0 aliphatic carbocycles. The Morgan fingerprint density at radius 1 is 0.765 bits per heavy atom. The molecule has 8 nitrogen and oxygen atoms in total. The van der Waals surface area contributed by atoms with E-state index in [-0.39, 0.29) is 0 Å². The molecule has 0 unspecified atom stereocenters. The van der Waals surface area contributed by atoms with Crippen molar-refractivity contribution in [2.24, 2.45) is 0 Å². The Morgan fingerprint density at radius 2 is 1.53 bits per heavy atom. The predicted molar refractivity (Wildman–Crippen MR) is 134 cm³/mol. The van der Waals surface area contributed by atoms with Gasteiger partial charge in [0.1, 0.15) is 17.3 Å². The first-order chi connectivity index (χ1) is 16.7. The van der Waals surface area contributed by atoms with Crippen LogP contribution in [0.4, 0.5) is 23.3 Å². The van der Waals surface area contributed by atoms with Crippen molar-refractivity contribution in [1.29, 1.82) is 0 Å². The fraction of sp³-hybridized carbons (Fsp3) is 0.269. The summed E-state index contributed by atoms with van der Waals surface area (Å²) in [4.78, 5) is 24.9. The Bertz CT molecular complexity index is 1240. The van der Waals surface area contributed by atoms with E-state index in [9.17, 15) is 0 Å². The summed E-state index contributed by atoms with van der Waals surface area (Å²) in [6.07, 6.45) is 7.39. The number of aryl methyl sites for hydroxylation is 1. The molecule has 3 aromatic heterocycles. The van der Waals surface area contributed by atoms with Crippen molar-refractivity contribution in [3.63, 3.8) is 0 Å². The zero-order valence-electron chi connectivity index (χ0n) is 19.3. The van der Waals surface area contributed by atoms with E-state index in [1.807, 2.05) is 25.1 Å². The standard InChI is InChI=1S/C26H28N8/c1-19-6-5-7-22(29-19)25-27-14-12-23(32-25)31-24-13-15-28-26(33-24)30-21-10-8-20(9-11-21)18-34-16-3-2-4-17-34/h5-15H,2-4,16-18H2,1H3,(H2,27,28,30,31,32,33). The van der Waals surface area contributed by atoms with Crippen LogP contribution in [-0.4, -0.2) is 42.9 Å². The molecule has 0 saturated carbocycles. The molecule has 172 valence electrons. The van der Waals surface area contributed by atoms with E-state index in [1.54, 1.807) is 24.5 Å². The van der Waals surface area contributed by atoms with Crippen molar-refractivity contribution >= 4 is 23.3 Å². The number of rotatable bonds is 7. The fourth-order valence-corrected chi connectivity index (χ4v) is 4.04. The summed E-state index contributed by atoms with van der Waals surface area (Å²) in [7, 11) is 0. The molecule has 1 aromatic carbocycles. The first-order valence-electron chi connectivity index (χ1n) is 11.7. The Hall–Kier alpha value is -3.91. The number of anilines is 4. The molecule has 0 atom stereocenters. The van der Waals surface area contributed by atoms with Crippen LogP contribution in [0.2, 0.25) is 0 Å². The highest BCUT2D eigenvalue weighted by molar-refractivity contribution is 5.59. The molecule has 1 saturated heterocycles. The van der Waals surface area contributed by atoms with Gasteiger partial charge >= 0.3 is 0 Å². The molecule has 1 aliphatic heterocycles. The van der Waals surface area contributed by atoms with Crippen LogP contribution in [0, 0.1) is 6.92 Å². The molecule has 34 heavy (non-hydrogen) atoms. The zero-order chi connectivity index (χ0) is 23.2. The maximum atomic E-state index is 4.58. The molecule has 4 heterocycles. The van der Waals surface area contributed by atoms with Crippen LogP contribution in [0.15, 0.2) is 67.0 Å². The maximum Gasteiger partial charge on any atom is 0.229 e. The second kappa shape index (κ2) is 10.4. The fourth-order valence-electron chi connectivity index (χ4n) is 4.04. The number of hydrogen-bond acceptors (Lipinski definition) is 8. The van der Waals surface area contributed by atoms with Gasteiger partial charge in [-0.2, -0.15) is 4.98 Å². The number of hydrogen-bond donors (Lipinski definition) is 2. The average molecular weight is 453 g/mol. The largest absolute Gasteiger partial charge is 0.325 e. The number of piperidine rings is 1. The smallest absolute Gasteiger partial charge is 0.229 e. The van der Waals surface area contributed by atoms with Gasteiger partial charge in [0.15, 0.2) is 5.82 Å². The first-order valence-corrected chi connectivity index (χ1v) is 11.7. The lowest BCUT2D eigenvalue weighted by Gasteiger charge is -2.26. The third-order valence-electron chi connectivity index (χ3n) is 5.75. The third kappa shape index (κ3) is 5.71. The van der Waals surface area contributed by atoms with Crippen LogP contribution in [0.5, 0.6) is 0 Å². The number of benzene rings is 1. The molecular formula is C26H28N8. The van der Waals surface area contributed by atoms with Gasteiger partial charge in [-0.15, -0.1) is 0 Å². The van der Waals surface area contributed by atoms with Gasteiger partial charge in [0.2, 0.25) is 5.95 Å². The predicted octanol–water partition coefficient (Wildman–Crippen LogP) is 5.11. The second-order valence-electron chi connectivity index (χ2n) is 8.48. The van der Waals surface area contributed by atoms with Crippen LogP contribution < -0.4 is 10.6 Å². The highest BCUT2D eigenvalue weighted by Crippen LogP contribution is 2.20. The summed E-state index contributed by atoms with van der Waals surface area (Å²) in [5.74, 6) is 2.36. The molecule has 0 bridgehead atoms. The summed E-state index contributed by atoms with van der Waals surface area (Å²) < 4.78 is 0. The Labute approximate surface area is 199 Å². The Morgan fingerprint density at radius 3 is 2.32 bits per heavy atom. The summed E-state index contributed by atoms with van der Waals surface area (Å²) in [6.45, 7) is 5.35. The van der Waals surface area contributed by atoms with Gasteiger partial charge < -0.3 is 10.6 Å². The van der Waals surface area contributed by atoms with Gasteiger partial charge in [-0.05, 0) is 74.8 Å². The van der Waals surface area contributed by atoms with Gasteiger partial charge in [0.25, 0.3) is 0 Å². The Kier molecular flexibility index (Phi) is 6.67. The van der Waals surface area contributed by atoms with Crippen molar-refractivity contribution in [3.05, 3.63) is 78.2 Å². The monoisotopic (exact) mass is 452 g/mol. The molecule has 0 spiro atoms. The van der Waals surface area contributed by atoms with E-state index in [0.29, 0.717) is 23.4 Å². The van der Waals surface area contributed by atoms with E-state index in [1.165, 1.54) is 37.9 Å². The van der Waals surface area contributed by atoms with Gasteiger partial charge in [-0.25, -0.2) is 19.9 Å². The normalized spacial score (nSPS) is 14.0. The SMILES string of the molecule is Cc1cccc(-c2nccc(Nc3ccnc(Nc4ccc(CN5CCCCC5)cc4)n3)n2)n1. The van der Waals surface area contributed by atoms with Crippen LogP contribution in [-0.2, 0) is 6.54 Å². The lowest BCUT2D eigenvalue weighted by molar-refractivity contribution is 0.221. The van der Waals surface area contributed by atoms with E-state index >= 15 is 0 Å². The summed E-state index contributed by atoms with van der Waals surface area (Å²) in [5, 5.41) is 6.52. The molecule has 2 N–H and O–H groups in total. The minimum Gasteiger partial charge on any atom is -0.325 e. The van der Waals surface area contributed by atoms with Gasteiger partial charge in [-0.1, -0.05) is 24.6 Å². The van der Waals surface area contributed by atoms with Gasteiger partial charge in [-0.3, -0.25) is 4.90 Å². The number of pyridine rings is 1. The number of aromatic nitrogens is 5. The minimum atomic E-state index is 0.517. The lowest BCUT2D eigenvalue weighted by atomic mass is 10.1. The van der Waals surface area contributed by atoms with Crippen molar-refractivity contribution in [2.75, 3.05) is 23.7 Å². The first kappa shape index (κ1) is 21.9. The highest BCUT2D eigenvalue weighted by Gasteiger charge is 2.10. The van der Waals surface area contributed by atoms with E-state index in [2.05, 4.69) is 64.7 Å². The second-order valence-corrected chi connectivity index (χ2v) is 8.48. The zero-order valence-corrected chi connectivity index (χ0v) is 19.3. The molecular weight excluding hydrogens is 424 g/mol. The lowest BCUT2D eigenvalue weighted by Crippen LogP contribution is -2.29. The van der Waals surface area contributed by atoms with Crippen LogP contribution in [0.25, 0.3) is 11.5 Å². The topological polar surface area (TPSA) is 91.8 Å². The summed E-state index contributed by atoms with van der Waals surface area (Å²) in [6, 6.07) is 17.9. The van der Waals surface area contributed by atoms with Crippen LogP contribution in [0.3, 0.4) is 0 Å². The van der Waals surface area contributed by atoms with Crippen molar-refractivity contribution in [3.8, 4) is 11.5 Å². The van der Waals surface area contributed by atoms with Crippen molar-refractivity contribution in [1.82, 2.24) is 29.8 Å². The number of nitrogens with one attached hydrogen (secondary N) is 2. The molecule has 8 heteroatoms. The Balaban J connectivity index is 1.24. The molecule has 0 radical (unpaired) electrons. The molecule has 5 rings (SSSR count). The van der Waals surface area contributed by atoms with Crippen molar-refractivity contribution in [2.45, 2.75) is 32.7 Å². The summed E-state index contributed by atoms with van der Waals surface area (Å²) >= 11 is 0. The van der Waals surface area contributed by atoms with Gasteiger partial charge in [0.05, 0.1) is 0 Å². The van der Waals surface area contributed by atoms with E-state index in [4.69, 9.17) is 0 Å². The van der Waals surface area contributed by atoms with Crippen LogP contribution >= 0.6 is 0 Å². The third-order valence-corrected chi connectivity index (χ3v) is 5.75. The number of likely N-dealkylation sites (tertiary alicyclic amines) is 1. The van der Waals surface area contributed by atoms with Crippen LogP contribution in [0.1, 0.15) is 30.5 Å². The molecule has 4 aromatic rings. The summed E-state index contributed by atoms with van der Waals surface area (Å²) in [5.41, 5.74) is 3.93. The van der Waals surface area contributed by atoms with E-state index < -0.39 is 0 Å². The molecule has 0 amide bonds. The molecule has 1 aliphatic rings. The molecule has 1 fully saturated rings. The van der Waals surface area contributed by atoms with Crippen molar-refractivity contribution < 1.29 is 0 Å². The van der Waals surface area contributed by atoms with Gasteiger partial charge in [0, 0.05) is 30.3 Å².